The fourth-order valence-electron chi connectivity index (χ4n) is 2.79. The highest BCUT2D eigenvalue weighted by molar-refractivity contribution is 8.04. The zero-order chi connectivity index (χ0) is 18.3. The second-order valence-electron chi connectivity index (χ2n) is 5.68. The zero-order valence-electron chi connectivity index (χ0n) is 13.2. The first-order chi connectivity index (χ1) is 12.4. The molecule has 0 atom stereocenters. The standard InChI is InChI=1S/C20H11F3O2S/c21-20(22,23)15-7-3-1-5-13(15)16-10-9-12(25-16)11-18-19(24)14-6-2-4-8-17(14)26-18/h1-11H. The predicted molar refractivity (Wildman–Crippen MR) is 93.8 cm³/mol. The van der Waals surface area contributed by atoms with E-state index in [2.05, 4.69) is 0 Å². The van der Waals surface area contributed by atoms with Crippen LogP contribution in [0.4, 0.5) is 13.2 Å². The summed E-state index contributed by atoms with van der Waals surface area (Å²) in [6.07, 6.45) is -2.91. The largest absolute Gasteiger partial charge is 0.457 e. The molecular formula is C20H11F3O2S. The van der Waals surface area contributed by atoms with Crippen molar-refractivity contribution < 1.29 is 22.4 Å². The molecule has 0 aliphatic carbocycles. The maximum atomic E-state index is 13.2. The number of carbonyl (C=O) groups is 1. The molecule has 0 spiro atoms. The minimum atomic E-state index is -4.47. The van der Waals surface area contributed by atoms with Gasteiger partial charge in [0.2, 0.25) is 5.78 Å². The molecule has 0 radical (unpaired) electrons. The third-order valence-corrected chi connectivity index (χ3v) is 5.07. The number of hydrogen-bond donors (Lipinski definition) is 0. The highest BCUT2D eigenvalue weighted by atomic mass is 32.2. The van der Waals surface area contributed by atoms with Crippen LogP contribution in [0.25, 0.3) is 17.4 Å². The Bertz CT molecular complexity index is 1030. The van der Waals surface area contributed by atoms with Crippen LogP contribution in [-0.2, 0) is 6.18 Å². The molecule has 0 bridgehead atoms. The molecule has 0 saturated carbocycles. The van der Waals surface area contributed by atoms with Gasteiger partial charge in [-0.15, -0.1) is 0 Å². The summed E-state index contributed by atoms with van der Waals surface area (Å²) in [5, 5.41) is 0. The molecular weight excluding hydrogens is 361 g/mol. The molecule has 1 aliphatic heterocycles. The van der Waals surface area contributed by atoms with E-state index in [1.165, 1.54) is 36.0 Å². The average molecular weight is 372 g/mol. The number of halogens is 3. The predicted octanol–water partition coefficient (Wildman–Crippen LogP) is 6.29. The van der Waals surface area contributed by atoms with Crippen molar-refractivity contribution in [3.05, 3.63) is 82.5 Å². The zero-order valence-corrected chi connectivity index (χ0v) is 14.0. The summed E-state index contributed by atoms with van der Waals surface area (Å²) >= 11 is 1.32. The molecule has 6 heteroatoms. The smallest absolute Gasteiger partial charge is 0.417 e. The van der Waals surface area contributed by atoms with Gasteiger partial charge in [-0.25, -0.2) is 0 Å². The molecule has 2 aromatic carbocycles. The van der Waals surface area contributed by atoms with E-state index in [0.717, 1.165) is 11.0 Å². The van der Waals surface area contributed by atoms with Crippen molar-refractivity contribution in [2.75, 3.05) is 0 Å². The Balaban J connectivity index is 1.68. The lowest BCUT2D eigenvalue weighted by molar-refractivity contribution is -0.137. The molecule has 0 fully saturated rings. The van der Waals surface area contributed by atoms with Gasteiger partial charge in [-0.05, 0) is 36.4 Å². The summed E-state index contributed by atoms with van der Waals surface area (Å²) in [4.78, 5) is 13.7. The quantitative estimate of drug-likeness (QED) is 0.495. The van der Waals surface area contributed by atoms with E-state index in [4.69, 9.17) is 4.42 Å². The Morgan fingerprint density at radius 3 is 2.31 bits per heavy atom. The van der Waals surface area contributed by atoms with Gasteiger partial charge in [-0.3, -0.25) is 4.79 Å². The van der Waals surface area contributed by atoms with E-state index in [0.29, 0.717) is 16.2 Å². The van der Waals surface area contributed by atoms with Crippen molar-refractivity contribution >= 4 is 23.6 Å². The van der Waals surface area contributed by atoms with Gasteiger partial charge in [0.25, 0.3) is 0 Å². The normalized spacial score (nSPS) is 15.5. The maximum absolute atomic E-state index is 13.2. The molecule has 0 amide bonds. The molecule has 3 aromatic rings. The maximum Gasteiger partial charge on any atom is 0.417 e. The van der Waals surface area contributed by atoms with Crippen molar-refractivity contribution in [3.63, 3.8) is 0 Å². The lowest BCUT2D eigenvalue weighted by Gasteiger charge is -2.10. The van der Waals surface area contributed by atoms with Crippen molar-refractivity contribution in [3.8, 4) is 11.3 Å². The highest BCUT2D eigenvalue weighted by Crippen LogP contribution is 2.41. The van der Waals surface area contributed by atoms with Crippen LogP contribution in [0.3, 0.4) is 0 Å². The van der Waals surface area contributed by atoms with E-state index < -0.39 is 11.7 Å². The summed E-state index contributed by atoms with van der Waals surface area (Å²) in [6.45, 7) is 0. The van der Waals surface area contributed by atoms with Crippen LogP contribution in [0.2, 0.25) is 0 Å². The van der Waals surface area contributed by atoms with Gasteiger partial charge in [0.1, 0.15) is 11.5 Å². The van der Waals surface area contributed by atoms with Gasteiger partial charge >= 0.3 is 6.18 Å². The van der Waals surface area contributed by atoms with Gasteiger partial charge in [0, 0.05) is 16.0 Å². The minimum Gasteiger partial charge on any atom is -0.457 e. The monoisotopic (exact) mass is 372 g/mol. The fraction of sp³-hybridized carbons (Fsp3) is 0.0500. The SMILES string of the molecule is O=C1C(=Cc2ccc(-c3ccccc3C(F)(F)F)o2)Sc2ccccc21. The van der Waals surface area contributed by atoms with Crippen molar-refractivity contribution in [1.29, 1.82) is 0 Å². The first kappa shape index (κ1) is 16.7. The van der Waals surface area contributed by atoms with Crippen molar-refractivity contribution in [2.24, 2.45) is 0 Å². The first-order valence-corrected chi connectivity index (χ1v) is 8.55. The fourth-order valence-corrected chi connectivity index (χ4v) is 3.82. The number of carbonyl (C=O) groups excluding carboxylic acids is 1. The van der Waals surface area contributed by atoms with E-state index >= 15 is 0 Å². The number of alkyl halides is 3. The number of thioether (sulfide) groups is 1. The molecule has 130 valence electrons. The van der Waals surface area contributed by atoms with E-state index in [1.54, 1.807) is 24.3 Å². The second-order valence-corrected chi connectivity index (χ2v) is 6.77. The number of fused-ring (bicyclic) bond motifs is 1. The number of ketones is 1. The summed E-state index contributed by atoms with van der Waals surface area (Å²) in [7, 11) is 0. The number of Topliss-reactive ketones (excluding diaryl/α,β-unsaturated/α-hetero) is 1. The van der Waals surface area contributed by atoms with Crippen molar-refractivity contribution in [2.45, 2.75) is 11.1 Å². The summed E-state index contributed by atoms with van der Waals surface area (Å²) in [5.74, 6) is 0.331. The Hall–Kier alpha value is -2.73. The number of hydrogen-bond acceptors (Lipinski definition) is 3. The molecule has 4 rings (SSSR count). The molecule has 26 heavy (non-hydrogen) atoms. The number of furan rings is 1. The van der Waals surface area contributed by atoms with Crippen LogP contribution in [0, 0.1) is 0 Å². The second kappa shape index (κ2) is 6.21. The van der Waals surface area contributed by atoms with Crippen LogP contribution in [0.15, 0.2) is 74.9 Å². The van der Waals surface area contributed by atoms with Crippen LogP contribution < -0.4 is 0 Å². The minimum absolute atomic E-state index is 0.0293. The van der Waals surface area contributed by atoms with Crippen molar-refractivity contribution in [1.82, 2.24) is 0 Å². The molecule has 0 unspecified atom stereocenters. The van der Waals surface area contributed by atoms with Crippen LogP contribution in [0.5, 0.6) is 0 Å². The van der Waals surface area contributed by atoms with E-state index in [9.17, 15) is 18.0 Å². The Morgan fingerprint density at radius 2 is 1.58 bits per heavy atom. The third kappa shape index (κ3) is 2.97. The summed E-state index contributed by atoms with van der Waals surface area (Å²) in [6, 6.07) is 15.5. The Labute approximate surface area is 151 Å². The summed E-state index contributed by atoms with van der Waals surface area (Å²) < 4.78 is 45.1. The molecule has 0 saturated heterocycles. The lowest BCUT2D eigenvalue weighted by atomic mass is 10.1. The van der Waals surface area contributed by atoms with Gasteiger partial charge in [-0.2, -0.15) is 13.2 Å². The lowest BCUT2D eigenvalue weighted by Crippen LogP contribution is -2.06. The Kier molecular flexibility index (Phi) is 4.00. The number of allylic oxidation sites excluding steroid dienone is 1. The molecule has 2 heterocycles. The molecule has 1 aliphatic rings. The summed E-state index contributed by atoms with van der Waals surface area (Å²) in [5.41, 5.74) is -0.163. The molecule has 0 N–H and O–H groups in total. The third-order valence-electron chi connectivity index (χ3n) is 3.97. The highest BCUT2D eigenvalue weighted by Gasteiger charge is 2.34. The number of benzene rings is 2. The first-order valence-electron chi connectivity index (χ1n) is 7.73. The van der Waals surface area contributed by atoms with Gasteiger partial charge < -0.3 is 4.42 Å². The van der Waals surface area contributed by atoms with Gasteiger partial charge in [0.05, 0.1) is 10.5 Å². The van der Waals surface area contributed by atoms with Crippen LogP contribution in [-0.4, -0.2) is 5.78 Å². The topological polar surface area (TPSA) is 30.2 Å². The van der Waals surface area contributed by atoms with E-state index in [1.807, 2.05) is 12.1 Å². The van der Waals surface area contributed by atoms with Gasteiger partial charge in [0.15, 0.2) is 0 Å². The van der Waals surface area contributed by atoms with Crippen LogP contribution >= 0.6 is 11.8 Å². The van der Waals surface area contributed by atoms with E-state index in [-0.39, 0.29) is 17.1 Å². The van der Waals surface area contributed by atoms with Gasteiger partial charge in [-0.1, -0.05) is 42.1 Å². The molecule has 2 nitrogen and oxygen atoms in total. The Morgan fingerprint density at radius 1 is 0.885 bits per heavy atom. The van der Waals surface area contributed by atoms with Crippen LogP contribution in [0.1, 0.15) is 21.7 Å². The molecule has 1 aromatic heterocycles. The average Bonchev–Trinajstić information content (AvgIpc) is 3.20. The number of rotatable bonds is 2.